The number of hydrogen-bond acceptors (Lipinski definition) is 3. The van der Waals surface area contributed by atoms with Crippen LogP contribution in [0, 0.1) is 5.92 Å². The molecule has 1 aromatic heterocycles. The number of anilines is 1. The summed E-state index contributed by atoms with van der Waals surface area (Å²) in [7, 11) is 0. The van der Waals surface area contributed by atoms with Crippen LogP contribution in [0.5, 0.6) is 0 Å². The maximum Gasteiger partial charge on any atom is 0.321 e. The third-order valence-corrected chi connectivity index (χ3v) is 2.77. The van der Waals surface area contributed by atoms with Gasteiger partial charge in [0.2, 0.25) is 0 Å². The van der Waals surface area contributed by atoms with Crippen molar-refractivity contribution in [3.63, 3.8) is 0 Å². The molecule has 0 saturated heterocycles. The van der Waals surface area contributed by atoms with Gasteiger partial charge in [-0.25, -0.2) is 9.78 Å². The smallest absolute Gasteiger partial charge is 0.321 e. The number of amides is 2. The topological polar surface area (TPSA) is 54.0 Å². The molecule has 70 valence electrons. The molecule has 2 N–H and O–H groups in total. The zero-order chi connectivity index (χ0) is 9.26. The van der Waals surface area contributed by atoms with Crippen molar-refractivity contribution in [2.24, 2.45) is 5.92 Å². The number of aromatic nitrogens is 1. The van der Waals surface area contributed by atoms with Gasteiger partial charge in [-0.1, -0.05) is 6.92 Å². The highest BCUT2D eigenvalue weighted by Gasteiger charge is 2.33. The van der Waals surface area contributed by atoms with E-state index in [-0.39, 0.29) is 6.03 Å². The molecule has 1 saturated carbocycles. The van der Waals surface area contributed by atoms with Crippen LogP contribution in [-0.4, -0.2) is 17.1 Å². The standard InChI is InChI=1S/C8H11N3OS/c1-5-4-6(5)10-7(12)11-8-9-2-3-13-8/h2-3,5-6H,4H2,1H3,(H2,9,10,11,12). The van der Waals surface area contributed by atoms with Crippen LogP contribution in [0.3, 0.4) is 0 Å². The molecule has 1 fully saturated rings. The zero-order valence-electron chi connectivity index (χ0n) is 7.28. The molecule has 0 spiro atoms. The molecule has 1 aromatic rings. The second-order valence-corrected chi connectivity index (χ2v) is 4.15. The average Bonchev–Trinajstić information content (AvgIpc) is 2.61. The van der Waals surface area contributed by atoms with Crippen LogP contribution in [0.15, 0.2) is 11.6 Å². The third-order valence-electron chi connectivity index (χ3n) is 2.08. The van der Waals surface area contributed by atoms with E-state index in [0.717, 1.165) is 6.42 Å². The van der Waals surface area contributed by atoms with Crippen molar-refractivity contribution in [2.75, 3.05) is 5.32 Å². The Hall–Kier alpha value is -1.10. The first kappa shape index (κ1) is 8.50. The lowest BCUT2D eigenvalue weighted by Gasteiger charge is -2.02. The van der Waals surface area contributed by atoms with Crippen LogP contribution in [0.2, 0.25) is 0 Å². The summed E-state index contributed by atoms with van der Waals surface area (Å²) >= 11 is 1.42. The number of thiazole rings is 1. The first-order valence-electron chi connectivity index (χ1n) is 4.22. The van der Waals surface area contributed by atoms with Crippen molar-refractivity contribution in [3.05, 3.63) is 11.6 Å². The second kappa shape index (κ2) is 3.33. The summed E-state index contributed by atoms with van der Waals surface area (Å²) in [4.78, 5) is 15.2. The van der Waals surface area contributed by atoms with E-state index in [1.165, 1.54) is 11.3 Å². The number of hydrogen-bond donors (Lipinski definition) is 2. The SMILES string of the molecule is CC1CC1NC(=O)Nc1nccs1. The fourth-order valence-electron chi connectivity index (χ4n) is 1.11. The van der Waals surface area contributed by atoms with Gasteiger partial charge in [0, 0.05) is 17.6 Å². The molecule has 0 aliphatic heterocycles. The number of carbonyl (C=O) groups excluding carboxylic acids is 1. The molecule has 0 aromatic carbocycles. The lowest BCUT2D eigenvalue weighted by Crippen LogP contribution is -2.31. The molecule has 5 heteroatoms. The molecular weight excluding hydrogens is 186 g/mol. The predicted molar refractivity (Wildman–Crippen MR) is 51.8 cm³/mol. The Balaban J connectivity index is 1.79. The molecule has 2 amide bonds. The molecule has 4 nitrogen and oxygen atoms in total. The minimum Gasteiger partial charge on any atom is -0.335 e. The summed E-state index contributed by atoms with van der Waals surface area (Å²) in [6, 6.07) is 0.212. The zero-order valence-corrected chi connectivity index (χ0v) is 8.10. The molecule has 13 heavy (non-hydrogen) atoms. The summed E-state index contributed by atoms with van der Waals surface area (Å²) in [5, 5.41) is 8.00. The maximum atomic E-state index is 11.3. The van der Waals surface area contributed by atoms with E-state index in [1.54, 1.807) is 6.20 Å². The van der Waals surface area contributed by atoms with Crippen LogP contribution in [0.25, 0.3) is 0 Å². The van der Waals surface area contributed by atoms with Crippen LogP contribution in [-0.2, 0) is 0 Å². The Morgan fingerprint density at radius 1 is 1.77 bits per heavy atom. The molecular formula is C8H11N3OS. The number of carbonyl (C=O) groups is 1. The van der Waals surface area contributed by atoms with Crippen molar-refractivity contribution in [2.45, 2.75) is 19.4 Å². The number of nitrogens with one attached hydrogen (secondary N) is 2. The number of nitrogens with zero attached hydrogens (tertiary/aromatic N) is 1. The highest BCUT2D eigenvalue weighted by atomic mass is 32.1. The van der Waals surface area contributed by atoms with Crippen LogP contribution >= 0.6 is 11.3 Å². The largest absolute Gasteiger partial charge is 0.335 e. The lowest BCUT2D eigenvalue weighted by molar-refractivity contribution is 0.251. The van der Waals surface area contributed by atoms with Gasteiger partial charge in [0.05, 0.1) is 0 Å². The Labute approximate surface area is 80.4 Å². The third kappa shape index (κ3) is 2.18. The Morgan fingerprint density at radius 3 is 3.08 bits per heavy atom. The van der Waals surface area contributed by atoms with Crippen LogP contribution in [0.1, 0.15) is 13.3 Å². The van der Waals surface area contributed by atoms with Gasteiger partial charge in [0.1, 0.15) is 0 Å². The van der Waals surface area contributed by atoms with Crippen molar-refractivity contribution >= 4 is 22.5 Å². The van der Waals surface area contributed by atoms with E-state index in [9.17, 15) is 4.79 Å². The van der Waals surface area contributed by atoms with E-state index >= 15 is 0 Å². The van der Waals surface area contributed by atoms with E-state index in [1.807, 2.05) is 5.38 Å². The maximum absolute atomic E-state index is 11.3. The molecule has 2 unspecified atom stereocenters. The van der Waals surface area contributed by atoms with E-state index < -0.39 is 0 Å². The molecule has 1 aliphatic carbocycles. The Kier molecular flexibility index (Phi) is 2.18. The second-order valence-electron chi connectivity index (χ2n) is 3.26. The number of urea groups is 1. The van der Waals surface area contributed by atoms with Gasteiger partial charge in [-0.2, -0.15) is 0 Å². The minimum absolute atomic E-state index is 0.149. The fourth-order valence-corrected chi connectivity index (χ4v) is 1.63. The summed E-state index contributed by atoms with van der Waals surface area (Å²) in [5.41, 5.74) is 0. The van der Waals surface area contributed by atoms with Crippen molar-refractivity contribution in [1.82, 2.24) is 10.3 Å². The molecule has 2 atom stereocenters. The summed E-state index contributed by atoms with van der Waals surface area (Å²) in [6.07, 6.45) is 2.76. The molecule has 0 radical (unpaired) electrons. The molecule has 2 rings (SSSR count). The summed E-state index contributed by atoms with van der Waals surface area (Å²) in [6.45, 7) is 2.12. The Morgan fingerprint density at radius 2 is 2.54 bits per heavy atom. The van der Waals surface area contributed by atoms with Crippen LogP contribution in [0.4, 0.5) is 9.93 Å². The molecule has 1 aliphatic rings. The van der Waals surface area contributed by atoms with Gasteiger partial charge in [-0.15, -0.1) is 11.3 Å². The van der Waals surface area contributed by atoms with Gasteiger partial charge in [-0.05, 0) is 12.3 Å². The first-order valence-corrected chi connectivity index (χ1v) is 5.10. The van der Waals surface area contributed by atoms with Crippen molar-refractivity contribution in [1.29, 1.82) is 0 Å². The van der Waals surface area contributed by atoms with Crippen molar-refractivity contribution < 1.29 is 4.79 Å². The fraction of sp³-hybridized carbons (Fsp3) is 0.500. The highest BCUT2D eigenvalue weighted by Crippen LogP contribution is 2.28. The van der Waals surface area contributed by atoms with Gasteiger partial charge in [-0.3, -0.25) is 5.32 Å². The summed E-state index contributed by atoms with van der Waals surface area (Å²) in [5.74, 6) is 0.627. The minimum atomic E-state index is -0.149. The average molecular weight is 197 g/mol. The van der Waals surface area contributed by atoms with Gasteiger partial charge in [0.15, 0.2) is 5.13 Å². The lowest BCUT2D eigenvalue weighted by atomic mass is 10.5. The monoisotopic (exact) mass is 197 g/mol. The van der Waals surface area contributed by atoms with Gasteiger partial charge >= 0.3 is 6.03 Å². The van der Waals surface area contributed by atoms with Crippen LogP contribution < -0.4 is 10.6 Å². The van der Waals surface area contributed by atoms with Gasteiger partial charge in [0.25, 0.3) is 0 Å². The van der Waals surface area contributed by atoms with E-state index in [0.29, 0.717) is 17.1 Å². The highest BCUT2D eigenvalue weighted by molar-refractivity contribution is 7.13. The summed E-state index contributed by atoms with van der Waals surface area (Å²) < 4.78 is 0. The molecule has 0 bridgehead atoms. The normalized spacial score (nSPS) is 25.3. The predicted octanol–water partition coefficient (Wildman–Crippen LogP) is 1.67. The first-order chi connectivity index (χ1) is 6.25. The molecule has 1 heterocycles. The van der Waals surface area contributed by atoms with Crippen molar-refractivity contribution in [3.8, 4) is 0 Å². The quantitative estimate of drug-likeness (QED) is 0.757. The van der Waals surface area contributed by atoms with E-state index in [4.69, 9.17) is 0 Å². The van der Waals surface area contributed by atoms with E-state index in [2.05, 4.69) is 22.5 Å². The number of rotatable bonds is 2. The Bertz CT molecular complexity index is 298. The van der Waals surface area contributed by atoms with Gasteiger partial charge < -0.3 is 5.32 Å².